The minimum absolute atomic E-state index is 0.159. The number of thioether (sulfide) groups is 1. The molecule has 0 saturated carbocycles. The first-order valence-corrected chi connectivity index (χ1v) is 10.6. The zero-order valence-electron chi connectivity index (χ0n) is 17.8. The van der Waals surface area contributed by atoms with Crippen LogP contribution in [0.15, 0.2) is 52.7 Å². The number of carbonyl (C=O) groups is 2. The Kier molecular flexibility index (Phi) is 7.19. The van der Waals surface area contributed by atoms with Crippen LogP contribution in [0.25, 0.3) is 0 Å². The van der Waals surface area contributed by atoms with Crippen molar-refractivity contribution in [3.05, 3.63) is 76.4 Å². The van der Waals surface area contributed by atoms with E-state index < -0.39 is 0 Å². The highest BCUT2D eigenvalue weighted by molar-refractivity contribution is 7.99. The van der Waals surface area contributed by atoms with Crippen molar-refractivity contribution in [2.75, 3.05) is 11.2 Å². The van der Waals surface area contributed by atoms with Gasteiger partial charge in [-0.15, -0.1) is 0 Å². The van der Waals surface area contributed by atoms with Gasteiger partial charge in [-0.3, -0.25) is 19.7 Å². The second kappa shape index (κ2) is 10.0. The van der Waals surface area contributed by atoms with Crippen molar-refractivity contribution in [2.24, 2.45) is 5.10 Å². The molecule has 2 aromatic heterocycles. The minimum Gasteiger partial charge on any atom is -0.272 e. The van der Waals surface area contributed by atoms with E-state index >= 15 is 0 Å². The Morgan fingerprint density at radius 2 is 1.74 bits per heavy atom. The summed E-state index contributed by atoms with van der Waals surface area (Å²) in [5, 5.41) is 4.60. The third-order valence-electron chi connectivity index (χ3n) is 4.41. The van der Waals surface area contributed by atoms with Gasteiger partial charge in [-0.2, -0.15) is 5.10 Å². The van der Waals surface area contributed by atoms with Gasteiger partial charge in [0.15, 0.2) is 5.16 Å². The Morgan fingerprint density at radius 1 is 1.06 bits per heavy atom. The molecule has 9 heteroatoms. The van der Waals surface area contributed by atoms with Crippen molar-refractivity contribution >= 4 is 29.8 Å². The Bertz CT molecular complexity index is 1100. The van der Waals surface area contributed by atoms with Crippen molar-refractivity contribution in [3.8, 4) is 0 Å². The van der Waals surface area contributed by atoms with Crippen molar-refractivity contribution in [1.29, 1.82) is 0 Å². The Balaban J connectivity index is 1.57. The summed E-state index contributed by atoms with van der Waals surface area (Å²) in [7, 11) is 0. The number of hydrogen-bond acceptors (Lipinski definition) is 6. The van der Waals surface area contributed by atoms with Crippen LogP contribution < -0.4 is 10.9 Å². The quantitative estimate of drug-likeness (QED) is 0.256. The number of hydrogen-bond donors (Lipinski definition) is 2. The van der Waals surface area contributed by atoms with Gasteiger partial charge in [-0.25, -0.2) is 15.4 Å². The summed E-state index contributed by atoms with van der Waals surface area (Å²) >= 11 is 1.26. The molecule has 3 aromatic rings. The van der Waals surface area contributed by atoms with Gasteiger partial charge in [0.2, 0.25) is 0 Å². The highest BCUT2D eigenvalue weighted by Crippen LogP contribution is 2.14. The first kappa shape index (κ1) is 22.2. The van der Waals surface area contributed by atoms with E-state index in [1.807, 2.05) is 58.0 Å². The van der Waals surface area contributed by atoms with Gasteiger partial charge in [0.1, 0.15) is 0 Å². The van der Waals surface area contributed by atoms with Crippen molar-refractivity contribution in [2.45, 2.75) is 32.9 Å². The van der Waals surface area contributed by atoms with Crippen molar-refractivity contribution in [1.82, 2.24) is 20.1 Å². The highest BCUT2D eigenvalue weighted by Gasteiger charge is 2.12. The molecular formula is C22H24N6O2S. The zero-order chi connectivity index (χ0) is 22.4. The van der Waals surface area contributed by atoms with E-state index in [4.69, 9.17) is 0 Å². The lowest BCUT2D eigenvalue weighted by molar-refractivity contribution is -0.118. The van der Waals surface area contributed by atoms with Gasteiger partial charge >= 0.3 is 0 Å². The maximum Gasteiger partial charge on any atom is 0.270 e. The molecule has 0 aliphatic carbocycles. The molecule has 0 radical (unpaired) electrons. The molecule has 0 fully saturated rings. The van der Waals surface area contributed by atoms with Gasteiger partial charge in [0, 0.05) is 33.9 Å². The number of nitrogens with zero attached hydrogens (tertiary/aromatic N) is 4. The van der Waals surface area contributed by atoms with Crippen LogP contribution in [0.5, 0.6) is 0 Å². The molecule has 0 atom stereocenters. The van der Waals surface area contributed by atoms with E-state index in [1.54, 1.807) is 23.0 Å². The average Bonchev–Trinajstić information content (AvgIpc) is 3.00. The van der Waals surface area contributed by atoms with Gasteiger partial charge in [0.25, 0.3) is 11.8 Å². The molecule has 3 rings (SSSR count). The maximum absolute atomic E-state index is 12.4. The van der Waals surface area contributed by atoms with Crippen LogP contribution in [0.3, 0.4) is 0 Å². The molecule has 0 saturated heterocycles. The molecule has 0 unspecified atom stereocenters. The van der Waals surface area contributed by atoms with Crippen LogP contribution in [0.1, 0.15) is 38.7 Å². The number of rotatable bonds is 7. The lowest BCUT2D eigenvalue weighted by Crippen LogP contribution is -2.24. The maximum atomic E-state index is 12.4. The second-order valence-corrected chi connectivity index (χ2v) is 7.93. The third kappa shape index (κ3) is 6.02. The topological polar surface area (TPSA) is 101 Å². The Labute approximate surface area is 185 Å². The zero-order valence-corrected chi connectivity index (χ0v) is 18.7. The number of carbonyl (C=O) groups excluding carboxylic acids is 2. The van der Waals surface area contributed by atoms with Crippen molar-refractivity contribution < 1.29 is 9.59 Å². The highest BCUT2D eigenvalue weighted by atomic mass is 32.2. The lowest BCUT2D eigenvalue weighted by atomic mass is 10.2. The minimum atomic E-state index is -0.254. The standard InChI is InChI=1S/C22H24N6O2S/c1-14-10-15(2)25-22(24-14)31-13-20(29)26-23-12-19-11-16(3)28(17(19)4)27-21(30)18-8-6-5-7-9-18/h5-12H,13H2,1-4H3,(H,26,29)(H,27,30). The smallest absolute Gasteiger partial charge is 0.270 e. The normalized spacial score (nSPS) is 11.0. The van der Waals surface area contributed by atoms with E-state index in [1.165, 1.54) is 11.8 Å². The number of nitrogens with one attached hydrogen (secondary N) is 2. The number of aryl methyl sites for hydroxylation is 3. The van der Waals surface area contributed by atoms with Crippen LogP contribution in [-0.4, -0.2) is 38.4 Å². The fourth-order valence-corrected chi connectivity index (χ4v) is 3.68. The van der Waals surface area contributed by atoms with Crippen LogP contribution in [-0.2, 0) is 4.79 Å². The number of benzene rings is 1. The molecule has 0 spiro atoms. The van der Waals surface area contributed by atoms with E-state index in [9.17, 15) is 9.59 Å². The average molecular weight is 437 g/mol. The van der Waals surface area contributed by atoms with Crippen LogP contribution in [0.2, 0.25) is 0 Å². The first-order valence-electron chi connectivity index (χ1n) is 9.66. The summed E-state index contributed by atoms with van der Waals surface area (Å²) in [5.41, 5.74) is 10.1. The monoisotopic (exact) mass is 436 g/mol. The fourth-order valence-electron chi connectivity index (χ4n) is 2.94. The molecule has 2 heterocycles. The largest absolute Gasteiger partial charge is 0.272 e. The SMILES string of the molecule is Cc1cc(C)nc(SCC(=O)NN=Cc2cc(C)n(NC(=O)c3ccccc3)c2C)n1. The molecule has 1 aromatic carbocycles. The molecule has 0 aliphatic heterocycles. The lowest BCUT2D eigenvalue weighted by Gasteiger charge is -2.11. The number of aromatic nitrogens is 3. The Hall–Kier alpha value is -3.46. The summed E-state index contributed by atoms with van der Waals surface area (Å²) in [5.74, 6) is -0.299. The summed E-state index contributed by atoms with van der Waals surface area (Å²) in [6.45, 7) is 7.53. The Morgan fingerprint density at radius 3 is 2.42 bits per heavy atom. The van der Waals surface area contributed by atoms with Crippen molar-refractivity contribution in [3.63, 3.8) is 0 Å². The predicted octanol–water partition coefficient (Wildman–Crippen LogP) is 3.14. The molecule has 0 aliphatic rings. The van der Waals surface area contributed by atoms with E-state index in [0.717, 1.165) is 28.3 Å². The van der Waals surface area contributed by atoms with Gasteiger partial charge in [0.05, 0.1) is 12.0 Å². The number of amides is 2. The predicted molar refractivity (Wildman–Crippen MR) is 122 cm³/mol. The fraction of sp³-hybridized carbons (Fsp3) is 0.227. The summed E-state index contributed by atoms with van der Waals surface area (Å²) in [6.07, 6.45) is 1.56. The van der Waals surface area contributed by atoms with Crippen LogP contribution in [0, 0.1) is 27.7 Å². The summed E-state index contributed by atoms with van der Waals surface area (Å²) in [4.78, 5) is 33.1. The van der Waals surface area contributed by atoms with E-state index in [-0.39, 0.29) is 17.6 Å². The second-order valence-electron chi connectivity index (χ2n) is 6.98. The first-order chi connectivity index (χ1) is 14.8. The number of hydrazone groups is 1. The van der Waals surface area contributed by atoms with Crippen LogP contribution >= 0.6 is 11.8 Å². The molecule has 8 nitrogen and oxygen atoms in total. The molecule has 2 amide bonds. The third-order valence-corrected chi connectivity index (χ3v) is 5.25. The molecule has 31 heavy (non-hydrogen) atoms. The molecule has 2 N–H and O–H groups in total. The van der Waals surface area contributed by atoms with Crippen LogP contribution in [0.4, 0.5) is 0 Å². The molecular weight excluding hydrogens is 412 g/mol. The summed E-state index contributed by atoms with van der Waals surface area (Å²) < 4.78 is 1.70. The van der Waals surface area contributed by atoms with Gasteiger partial charge < -0.3 is 0 Å². The van der Waals surface area contributed by atoms with E-state index in [0.29, 0.717) is 10.7 Å². The van der Waals surface area contributed by atoms with Gasteiger partial charge in [-0.05, 0) is 52.0 Å². The summed E-state index contributed by atoms with van der Waals surface area (Å²) in [6, 6.07) is 12.8. The van der Waals surface area contributed by atoms with Gasteiger partial charge in [-0.1, -0.05) is 30.0 Å². The molecule has 160 valence electrons. The molecule has 0 bridgehead atoms. The van der Waals surface area contributed by atoms with E-state index in [2.05, 4.69) is 25.9 Å².